The van der Waals surface area contributed by atoms with Crippen molar-refractivity contribution >= 4 is 23.1 Å². The summed E-state index contributed by atoms with van der Waals surface area (Å²) in [5, 5.41) is 16.0. The first-order valence-corrected chi connectivity index (χ1v) is 16.0. The number of carboxylic acids is 1. The first-order valence-electron chi connectivity index (χ1n) is 15.1. The molecular formula is C36H45N3O2S. The maximum absolute atomic E-state index is 11.4. The Morgan fingerprint density at radius 2 is 1.62 bits per heavy atom. The normalized spacial score (nSPS) is 13.4. The molecule has 0 spiro atoms. The lowest BCUT2D eigenvalue weighted by atomic mass is 9.87. The summed E-state index contributed by atoms with van der Waals surface area (Å²) in [6, 6.07) is 21.3. The highest BCUT2D eigenvalue weighted by Crippen LogP contribution is 2.27. The molecule has 222 valence electrons. The van der Waals surface area contributed by atoms with E-state index < -0.39 is 5.97 Å². The molecule has 0 aliphatic carbocycles. The van der Waals surface area contributed by atoms with Crippen LogP contribution in [0.5, 0.6) is 0 Å². The van der Waals surface area contributed by atoms with Crippen LogP contribution in [-0.4, -0.2) is 27.6 Å². The summed E-state index contributed by atoms with van der Waals surface area (Å²) in [5.74, 6) is 0.231. The molecule has 5 rings (SSSR count). The van der Waals surface area contributed by atoms with Crippen LogP contribution in [0.1, 0.15) is 90.2 Å². The molecule has 2 aromatic carbocycles. The van der Waals surface area contributed by atoms with E-state index in [-0.39, 0.29) is 17.8 Å². The van der Waals surface area contributed by atoms with Gasteiger partial charge in [-0.25, -0.2) is 9.97 Å². The number of aromatic nitrogens is 2. The molecule has 1 unspecified atom stereocenters. The number of aliphatic carboxylic acids is 1. The van der Waals surface area contributed by atoms with Gasteiger partial charge in [0, 0.05) is 17.6 Å². The second-order valence-corrected chi connectivity index (χ2v) is 13.4. The summed E-state index contributed by atoms with van der Waals surface area (Å²) >= 11 is 1.67. The van der Waals surface area contributed by atoms with Crippen molar-refractivity contribution in [1.82, 2.24) is 9.97 Å². The van der Waals surface area contributed by atoms with Crippen molar-refractivity contribution in [3.05, 3.63) is 110 Å². The third-order valence-electron chi connectivity index (χ3n) is 7.72. The lowest BCUT2D eigenvalue weighted by molar-refractivity contribution is -0.137. The summed E-state index contributed by atoms with van der Waals surface area (Å²) in [5.41, 5.74) is 8.71. The second kappa shape index (κ2) is 14.6. The van der Waals surface area contributed by atoms with Crippen LogP contribution in [-0.2, 0) is 35.9 Å². The maximum Gasteiger partial charge on any atom is 0.303 e. The van der Waals surface area contributed by atoms with E-state index in [1.807, 2.05) is 31.2 Å². The molecule has 0 fully saturated rings. The number of aryl methyl sites for hydroxylation is 5. The van der Waals surface area contributed by atoms with Gasteiger partial charge in [0.05, 0.1) is 17.1 Å². The Balaban J connectivity index is 0.000000310. The van der Waals surface area contributed by atoms with E-state index in [4.69, 9.17) is 9.97 Å². The molecule has 0 amide bonds. The molecule has 1 aliphatic heterocycles. The number of anilines is 1. The summed E-state index contributed by atoms with van der Waals surface area (Å²) in [7, 11) is 0. The number of nitrogens with one attached hydrogen (secondary N) is 1. The van der Waals surface area contributed by atoms with Crippen molar-refractivity contribution in [2.75, 3.05) is 11.9 Å². The van der Waals surface area contributed by atoms with Gasteiger partial charge in [0.25, 0.3) is 0 Å². The number of carboxylic acid groups (broad SMARTS) is 1. The van der Waals surface area contributed by atoms with Crippen LogP contribution in [0.4, 0.5) is 5.82 Å². The Morgan fingerprint density at radius 3 is 2.29 bits per heavy atom. The van der Waals surface area contributed by atoms with Crippen LogP contribution >= 0.6 is 11.3 Å². The number of rotatable bonds is 9. The highest BCUT2D eigenvalue weighted by atomic mass is 32.1. The second-order valence-electron chi connectivity index (χ2n) is 12.5. The fourth-order valence-electron chi connectivity index (χ4n) is 5.15. The molecule has 3 heterocycles. The van der Waals surface area contributed by atoms with Gasteiger partial charge in [-0.05, 0) is 86.5 Å². The number of nitrogens with zero attached hydrogens (tertiary/aromatic N) is 2. The minimum atomic E-state index is -0.770. The molecule has 0 bridgehead atoms. The van der Waals surface area contributed by atoms with Crippen LogP contribution < -0.4 is 5.32 Å². The molecular weight excluding hydrogens is 538 g/mol. The van der Waals surface area contributed by atoms with Gasteiger partial charge in [0.2, 0.25) is 0 Å². The molecule has 2 N–H and O–H groups in total. The Bertz CT molecular complexity index is 1440. The number of hydrogen-bond acceptors (Lipinski definition) is 5. The summed E-state index contributed by atoms with van der Waals surface area (Å²) in [6.07, 6.45) is 5.94. The maximum atomic E-state index is 11.4. The monoisotopic (exact) mass is 583 g/mol. The number of carbonyl (C=O) groups is 1. The van der Waals surface area contributed by atoms with E-state index in [2.05, 4.69) is 74.8 Å². The van der Waals surface area contributed by atoms with Gasteiger partial charge in [-0.1, -0.05) is 86.5 Å². The zero-order chi connectivity index (χ0) is 30.1. The fourth-order valence-corrected chi connectivity index (χ4v) is 6.00. The van der Waals surface area contributed by atoms with E-state index in [0.717, 1.165) is 60.0 Å². The Labute approximate surface area is 255 Å². The molecule has 4 aromatic rings. The highest BCUT2D eigenvalue weighted by molar-refractivity contribution is 7.09. The van der Waals surface area contributed by atoms with Gasteiger partial charge in [-0.15, -0.1) is 11.3 Å². The highest BCUT2D eigenvalue weighted by Gasteiger charge is 2.18. The number of benzene rings is 2. The lowest BCUT2D eigenvalue weighted by Gasteiger charge is -2.18. The Kier molecular flexibility index (Phi) is 10.9. The minimum absolute atomic E-state index is 0.0553. The predicted octanol–water partition coefficient (Wildman–Crippen LogP) is 8.47. The van der Waals surface area contributed by atoms with E-state index in [9.17, 15) is 9.90 Å². The molecule has 6 heteroatoms. The zero-order valence-electron chi connectivity index (χ0n) is 25.7. The van der Waals surface area contributed by atoms with Crippen LogP contribution in [0.15, 0.2) is 66.0 Å². The van der Waals surface area contributed by atoms with Gasteiger partial charge in [0.15, 0.2) is 0 Å². The van der Waals surface area contributed by atoms with Gasteiger partial charge < -0.3 is 10.4 Å². The van der Waals surface area contributed by atoms with Crippen LogP contribution in [0.25, 0.3) is 0 Å². The van der Waals surface area contributed by atoms with Crippen molar-refractivity contribution in [3.63, 3.8) is 0 Å². The molecule has 5 nitrogen and oxygen atoms in total. The predicted molar refractivity (Wildman–Crippen MR) is 175 cm³/mol. The number of hydrogen-bond donors (Lipinski definition) is 2. The van der Waals surface area contributed by atoms with Gasteiger partial charge >= 0.3 is 5.97 Å². The SMILES string of the molecule is Cc1ccc(C(C)(C)C)cc1.Cc1ccc(C(CC(=O)O)Cc2csc(CCCc3ccc4c(n3)NCCC4)n2)cc1. The fraction of sp³-hybridized carbons (Fsp3) is 0.417. The number of fused-ring (bicyclic) bond motifs is 1. The third-order valence-corrected chi connectivity index (χ3v) is 8.68. The molecule has 2 aromatic heterocycles. The number of pyridine rings is 1. The van der Waals surface area contributed by atoms with E-state index in [0.29, 0.717) is 6.42 Å². The van der Waals surface area contributed by atoms with Crippen molar-refractivity contribution in [2.24, 2.45) is 0 Å². The van der Waals surface area contributed by atoms with Crippen molar-refractivity contribution in [3.8, 4) is 0 Å². The summed E-state index contributed by atoms with van der Waals surface area (Å²) < 4.78 is 0. The summed E-state index contributed by atoms with van der Waals surface area (Å²) in [4.78, 5) is 21.0. The average Bonchev–Trinajstić information content (AvgIpc) is 3.40. The first-order chi connectivity index (χ1) is 20.1. The van der Waals surface area contributed by atoms with E-state index >= 15 is 0 Å². The number of thiazole rings is 1. The largest absolute Gasteiger partial charge is 0.481 e. The van der Waals surface area contributed by atoms with Crippen LogP contribution in [0.3, 0.4) is 0 Å². The smallest absolute Gasteiger partial charge is 0.303 e. The molecule has 1 atom stereocenters. The van der Waals surface area contributed by atoms with Crippen molar-refractivity contribution in [2.45, 2.75) is 90.9 Å². The van der Waals surface area contributed by atoms with E-state index in [1.54, 1.807) is 11.3 Å². The molecule has 1 aliphatic rings. The van der Waals surface area contributed by atoms with Gasteiger partial charge in [-0.2, -0.15) is 0 Å². The lowest BCUT2D eigenvalue weighted by Crippen LogP contribution is -2.14. The molecule has 0 saturated carbocycles. The Hall–Kier alpha value is -3.51. The topological polar surface area (TPSA) is 75.1 Å². The van der Waals surface area contributed by atoms with Crippen LogP contribution in [0, 0.1) is 13.8 Å². The molecule has 42 heavy (non-hydrogen) atoms. The molecule has 0 saturated heterocycles. The summed E-state index contributed by atoms with van der Waals surface area (Å²) in [6.45, 7) is 11.9. The van der Waals surface area contributed by atoms with E-state index in [1.165, 1.54) is 28.7 Å². The third kappa shape index (κ3) is 9.52. The zero-order valence-corrected chi connectivity index (χ0v) is 26.6. The van der Waals surface area contributed by atoms with Gasteiger partial charge in [0.1, 0.15) is 5.82 Å². The molecule has 0 radical (unpaired) electrons. The Morgan fingerprint density at radius 1 is 0.929 bits per heavy atom. The minimum Gasteiger partial charge on any atom is -0.481 e. The van der Waals surface area contributed by atoms with Crippen molar-refractivity contribution < 1.29 is 9.90 Å². The quantitative estimate of drug-likeness (QED) is 0.207. The van der Waals surface area contributed by atoms with Crippen LogP contribution in [0.2, 0.25) is 0 Å². The van der Waals surface area contributed by atoms with Crippen molar-refractivity contribution in [1.29, 1.82) is 0 Å². The standard InChI is InChI=1S/C25H29N3O2S.C11H16/c1-17-7-9-18(10-8-17)20(15-24(29)30)14-22-16-31-23(27-22)6-2-5-21-12-11-19-4-3-13-26-25(19)28-21;1-9-5-7-10(8-6-9)11(2,3)4/h7-12,16,20H,2-6,13-15H2,1H3,(H,26,28)(H,29,30);5-8H,1-4H3. The average molecular weight is 584 g/mol. The van der Waals surface area contributed by atoms with Gasteiger partial charge in [-0.3, -0.25) is 4.79 Å². The first kappa shape index (κ1) is 31.4.